The monoisotopic (exact) mass is 464 g/mol. The maximum atomic E-state index is 13.4. The molecule has 0 unspecified atom stereocenters. The summed E-state index contributed by atoms with van der Waals surface area (Å²) in [6.07, 6.45) is 3.37. The standard InChI is InChI=1S/C24H28N6O4/c1-16-21-22(25-14-26-23(21)34-27-16)30-6-2-3-18(13-30)24(31)29-9-7-28(8-10-29)12-17-4-5-19-20(11-17)33-15-32-19/h4-5,11,14,18H,2-3,6-10,12-13,15H2,1H3/t18-/m1/s1. The van der Waals surface area contributed by atoms with Crippen LogP contribution in [0.2, 0.25) is 0 Å². The van der Waals surface area contributed by atoms with E-state index < -0.39 is 0 Å². The molecule has 2 aromatic heterocycles. The van der Waals surface area contributed by atoms with Gasteiger partial charge in [-0.3, -0.25) is 9.69 Å². The van der Waals surface area contributed by atoms with E-state index in [9.17, 15) is 4.79 Å². The molecule has 10 heteroatoms. The van der Waals surface area contributed by atoms with Gasteiger partial charge in [-0.15, -0.1) is 0 Å². The lowest BCUT2D eigenvalue weighted by atomic mass is 9.96. The molecule has 5 heterocycles. The molecular formula is C24H28N6O4. The van der Waals surface area contributed by atoms with Crippen LogP contribution in [0.1, 0.15) is 24.1 Å². The fourth-order valence-corrected chi connectivity index (χ4v) is 5.20. The summed E-state index contributed by atoms with van der Waals surface area (Å²) in [6.45, 7) is 7.79. The van der Waals surface area contributed by atoms with Gasteiger partial charge in [0, 0.05) is 45.8 Å². The number of benzene rings is 1. The number of ether oxygens (including phenoxy) is 2. The van der Waals surface area contributed by atoms with Crippen molar-refractivity contribution in [1.82, 2.24) is 24.9 Å². The van der Waals surface area contributed by atoms with Crippen LogP contribution >= 0.6 is 0 Å². The molecule has 10 nitrogen and oxygen atoms in total. The summed E-state index contributed by atoms with van der Waals surface area (Å²) in [5.74, 6) is 2.66. The van der Waals surface area contributed by atoms with Crippen molar-refractivity contribution < 1.29 is 18.8 Å². The van der Waals surface area contributed by atoms with Gasteiger partial charge in [0.25, 0.3) is 5.71 Å². The van der Waals surface area contributed by atoms with Gasteiger partial charge in [0.05, 0.1) is 11.6 Å². The first-order valence-electron chi connectivity index (χ1n) is 11.9. The molecule has 1 atom stereocenters. The van der Waals surface area contributed by atoms with Crippen molar-refractivity contribution in [3.63, 3.8) is 0 Å². The van der Waals surface area contributed by atoms with Gasteiger partial charge in [0.2, 0.25) is 12.7 Å². The van der Waals surface area contributed by atoms with Crippen molar-refractivity contribution in [2.45, 2.75) is 26.3 Å². The predicted octanol–water partition coefficient (Wildman–Crippen LogP) is 2.22. The predicted molar refractivity (Wildman–Crippen MR) is 124 cm³/mol. The minimum absolute atomic E-state index is 0.0284. The van der Waals surface area contributed by atoms with Crippen LogP contribution in [0, 0.1) is 12.8 Å². The third-order valence-corrected chi connectivity index (χ3v) is 7.02. The molecule has 2 fully saturated rings. The van der Waals surface area contributed by atoms with Crippen LogP contribution in [0.25, 0.3) is 11.1 Å². The Morgan fingerprint density at radius 2 is 1.94 bits per heavy atom. The number of amides is 1. The number of aryl methyl sites for hydroxylation is 1. The number of aromatic nitrogens is 3. The van der Waals surface area contributed by atoms with Crippen LogP contribution in [0.15, 0.2) is 29.0 Å². The van der Waals surface area contributed by atoms with E-state index in [-0.39, 0.29) is 11.8 Å². The Hall–Kier alpha value is -3.40. The molecule has 0 saturated carbocycles. The molecule has 6 rings (SSSR count). The highest BCUT2D eigenvalue weighted by atomic mass is 16.7. The average Bonchev–Trinajstić information content (AvgIpc) is 3.50. The zero-order valence-electron chi connectivity index (χ0n) is 19.3. The number of rotatable bonds is 4. The van der Waals surface area contributed by atoms with Crippen LogP contribution in [0.3, 0.4) is 0 Å². The van der Waals surface area contributed by atoms with Crippen molar-refractivity contribution in [2.75, 3.05) is 51.0 Å². The van der Waals surface area contributed by atoms with Crippen LogP contribution in [-0.4, -0.2) is 76.9 Å². The Morgan fingerprint density at radius 1 is 1.09 bits per heavy atom. The highest BCUT2D eigenvalue weighted by Gasteiger charge is 2.32. The summed E-state index contributed by atoms with van der Waals surface area (Å²) < 4.78 is 16.2. The summed E-state index contributed by atoms with van der Waals surface area (Å²) in [6, 6.07) is 6.11. The van der Waals surface area contributed by atoms with Gasteiger partial charge in [-0.25, -0.2) is 4.98 Å². The van der Waals surface area contributed by atoms with Gasteiger partial charge in [-0.2, -0.15) is 4.98 Å². The van der Waals surface area contributed by atoms with E-state index >= 15 is 0 Å². The molecule has 0 N–H and O–H groups in total. The highest BCUT2D eigenvalue weighted by molar-refractivity contribution is 5.88. The topological polar surface area (TPSA) is 97.1 Å². The molecule has 3 aliphatic heterocycles. The van der Waals surface area contributed by atoms with E-state index in [1.807, 2.05) is 17.9 Å². The molecule has 0 bridgehead atoms. The van der Waals surface area contributed by atoms with E-state index in [0.717, 1.165) is 80.5 Å². The fourth-order valence-electron chi connectivity index (χ4n) is 5.20. The Bertz CT molecular complexity index is 1210. The Balaban J connectivity index is 1.07. The van der Waals surface area contributed by atoms with Crippen molar-refractivity contribution in [2.24, 2.45) is 5.92 Å². The van der Waals surface area contributed by atoms with E-state index in [2.05, 4.69) is 37.1 Å². The molecular weight excluding hydrogens is 436 g/mol. The smallest absolute Gasteiger partial charge is 0.263 e. The van der Waals surface area contributed by atoms with E-state index in [0.29, 0.717) is 19.1 Å². The van der Waals surface area contributed by atoms with Crippen molar-refractivity contribution >= 4 is 22.8 Å². The van der Waals surface area contributed by atoms with Gasteiger partial charge < -0.3 is 23.8 Å². The highest BCUT2D eigenvalue weighted by Crippen LogP contribution is 2.33. The number of hydrogen-bond acceptors (Lipinski definition) is 9. The van der Waals surface area contributed by atoms with Gasteiger partial charge in [0.1, 0.15) is 17.5 Å². The zero-order chi connectivity index (χ0) is 23.1. The summed E-state index contributed by atoms with van der Waals surface area (Å²) in [7, 11) is 0. The number of nitrogens with zero attached hydrogens (tertiary/aromatic N) is 6. The van der Waals surface area contributed by atoms with Gasteiger partial charge in [-0.05, 0) is 37.5 Å². The zero-order valence-corrected chi connectivity index (χ0v) is 19.3. The van der Waals surface area contributed by atoms with Gasteiger partial charge >= 0.3 is 0 Å². The maximum absolute atomic E-state index is 13.4. The fraction of sp³-hybridized carbons (Fsp3) is 0.500. The SMILES string of the molecule is Cc1noc2ncnc(N3CCC[C@@H](C(=O)N4CCN(Cc5ccc6c(c5)OCO6)CC4)C3)c12. The quantitative estimate of drug-likeness (QED) is 0.576. The Kier molecular flexibility index (Phi) is 5.44. The first-order chi connectivity index (χ1) is 16.7. The van der Waals surface area contributed by atoms with Crippen molar-refractivity contribution in [1.29, 1.82) is 0 Å². The lowest BCUT2D eigenvalue weighted by Crippen LogP contribution is -2.52. The number of hydrogen-bond donors (Lipinski definition) is 0. The number of anilines is 1. The molecule has 0 spiro atoms. The minimum atomic E-state index is -0.0284. The van der Waals surface area contributed by atoms with Crippen LogP contribution in [0.4, 0.5) is 5.82 Å². The normalized spacial score (nSPS) is 20.8. The largest absolute Gasteiger partial charge is 0.454 e. The van der Waals surface area contributed by atoms with Gasteiger partial charge in [-0.1, -0.05) is 11.2 Å². The lowest BCUT2D eigenvalue weighted by Gasteiger charge is -2.39. The number of piperidine rings is 1. The van der Waals surface area contributed by atoms with E-state index in [1.165, 1.54) is 11.9 Å². The van der Waals surface area contributed by atoms with E-state index in [1.54, 1.807) is 0 Å². The number of fused-ring (bicyclic) bond motifs is 2. The average molecular weight is 465 g/mol. The first kappa shape index (κ1) is 21.2. The molecule has 0 radical (unpaired) electrons. The van der Waals surface area contributed by atoms with Crippen LogP contribution < -0.4 is 14.4 Å². The van der Waals surface area contributed by atoms with E-state index in [4.69, 9.17) is 14.0 Å². The molecule has 1 amide bonds. The second-order valence-electron chi connectivity index (χ2n) is 9.22. The first-order valence-corrected chi connectivity index (χ1v) is 11.9. The summed E-state index contributed by atoms with van der Waals surface area (Å²) in [5.41, 5.74) is 2.47. The molecule has 1 aromatic carbocycles. The summed E-state index contributed by atoms with van der Waals surface area (Å²) in [4.78, 5) is 28.7. The Labute approximate surface area is 197 Å². The minimum Gasteiger partial charge on any atom is -0.454 e. The second kappa shape index (κ2) is 8.75. The molecule has 3 aliphatic rings. The molecule has 178 valence electrons. The van der Waals surface area contributed by atoms with Crippen molar-refractivity contribution in [3.05, 3.63) is 35.8 Å². The number of piperazine rings is 1. The number of carbonyl (C=O) groups excluding carboxylic acids is 1. The van der Waals surface area contributed by atoms with Crippen LogP contribution in [0.5, 0.6) is 11.5 Å². The third-order valence-electron chi connectivity index (χ3n) is 7.02. The molecule has 2 saturated heterocycles. The molecule has 3 aromatic rings. The summed E-state index contributed by atoms with van der Waals surface area (Å²) >= 11 is 0. The Morgan fingerprint density at radius 3 is 2.82 bits per heavy atom. The van der Waals surface area contributed by atoms with Gasteiger partial charge in [0.15, 0.2) is 11.5 Å². The third kappa shape index (κ3) is 3.91. The second-order valence-corrected chi connectivity index (χ2v) is 9.22. The van der Waals surface area contributed by atoms with Crippen LogP contribution in [-0.2, 0) is 11.3 Å². The van der Waals surface area contributed by atoms with Crippen molar-refractivity contribution in [3.8, 4) is 11.5 Å². The molecule has 34 heavy (non-hydrogen) atoms. The molecule has 0 aliphatic carbocycles. The summed E-state index contributed by atoms with van der Waals surface area (Å²) in [5, 5.41) is 4.88. The number of carbonyl (C=O) groups is 1. The maximum Gasteiger partial charge on any atom is 0.263 e. The lowest BCUT2D eigenvalue weighted by molar-refractivity contribution is -0.137.